The van der Waals surface area contributed by atoms with Crippen LogP contribution in [-0.2, 0) is 6.54 Å². The van der Waals surface area contributed by atoms with Gasteiger partial charge in [-0.25, -0.2) is 4.58 Å². The maximum absolute atomic E-state index is 13.9. The van der Waals surface area contributed by atoms with Crippen molar-refractivity contribution in [1.82, 2.24) is 4.57 Å². The van der Waals surface area contributed by atoms with E-state index in [4.69, 9.17) is 0 Å². The van der Waals surface area contributed by atoms with Crippen LogP contribution in [0.15, 0.2) is 108 Å². The minimum Gasteiger partial charge on any atom is -1.00 e. The molecule has 5 heteroatoms. The van der Waals surface area contributed by atoms with Crippen LogP contribution in [0.2, 0.25) is 0 Å². The summed E-state index contributed by atoms with van der Waals surface area (Å²) < 4.78 is 5.39. The van der Waals surface area contributed by atoms with Crippen LogP contribution in [0.5, 0.6) is 0 Å². The predicted octanol–water partition coefficient (Wildman–Crippen LogP) is 3.07. The second-order valence-corrected chi connectivity index (χ2v) is 8.71. The standard InChI is InChI=1S/C27H22BrN2O.BrH/c28-23-15-13-22(14-16-23)27(31)26-25(21-10-5-2-6-11-21)29(18-20-8-3-1-4-9-20)19-24-12-7-17-30(24)26;/h1-17,19,25-26H,18H2;1H/q+1;/p-1/t25-,26+;/m1./s1. The molecular formula is C27H22Br2N2O. The number of ketones is 1. The number of carbonyl (C=O) groups excluding carboxylic acids is 1. The molecule has 0 fully saturated rings. The van der Waals surface area contributed by atoms with Crippen molar-refractivity contribution in [2.24, 2.45) is 0 Å². The average Bonchev–Trinajstić information content (AvgIpc) is 3.28. The van der Waals surface area contributed by atoms with Gasteiger partial charge in [-0.15, -0.1) is 0 Å². The summed E-state index contributed by atoms with van der Waals surface area (Å²) in [6.45, 7) is 0.732. The Labute approximate surface area is 206 Å². The van der Waals surface area contributed by atoms with E-state index in [1.54, 1.807) is 0 Å². The van der Waals surface area contributed by atoms with Gasteiger partial charge in [0.05, 0.1) is 0 Å². The first-order valence-corrected chi connectivity index (χ1v) is 11.2. The summed E-state index contributed by atoms with van der Waals surface area (Å²) in [7, 11) is 0. The molecule has 3 aromatic carbocycles. The molecule has 2 atom stereocenters. The topological polar surface area (TPSA) is 25.0 Å². The zero-order valence-electron chi connectivity index (χ0n) is 17.3. The average molecular weight is 550 g/mol. The van der Waals surface area contributed by atoms with E-state index in [0.29, 0.717) is 0 Å². The third-order valence-electron chi connectivity index (χ3n) is 5.81. The molecule has 0 amide bonds. The summed E-state index contributed by atoms with van der Waals surface area (Å²) in [5.41, 5.74) is 4.10. The number of rotatable bonds is 5. The quantitative estimate of drug-likeness (QED) is 0.277. The fraction of sp³-hybridized carbons (Fsp3) is 0.111. The van der Waals surface area contributed by atoms with Gasteiger partial charge < -0.3 is 21.5 Å². The molecule has 1 aliphatic rings. The Kier molecular flexibility index (Phi) is 6.87. The first-order chi connectivity index (χ1) is 15.2. The van der Waals surface area contributed by atoms with Crippen molar-refractivity contribution in [2.75, 3.05) is 0 Å². The van der Waals surface area contributed by atoms with Gasteiger partial charge in [0.15, 0.2) is 24.6 Å². The first kappa shape index (κ1) is 22.4. The van der Waals surface area contributed by atoms with Gasteiger partial charge in [0.1, 0.15) is 5.69 Å². The SMILES string of the molecule is O=C(c1ccc(Br)cc1)[C@@H]1[C@@H](c2ccccc2)[N+](Cc2ccccc2)=Cc2cccn21.[Br-]. The van der Waals surface area contributed by atoms with Crippen LogP contribution >= 0.6 is 15.9 Å². The zero-order valence-corrected chi connectivity index (χ0v) is 20.5. The van der Waals surface area contributed by atoms with E-state index in [1.807, 2.05) is 60.8 Å². The molecule has 160 valence electrons. The number of carbonyl (C=O) groups is 1. The first-order valence-electron chi connectivity index (χ1n) is 10.4. The lowest BCUT2D eigenvalue weighted by atomic mass is 9.90. The Morgan fingerprint density at radius 3 is 2.19 bits per heavy atom. The van der Waals surface area contributed by atoms with E-state index in [9.17, 15) is 4.79 Å². The molecule has 5 rings (SSSR count). The fourth-order valence-electron chi connectivity index (χ4n) is 4.37. The highest BCUT2D eigenvalue weighted by molar-refractivity contribution is 9.10. The predicted molar refractivity (Wildman–Crippen MR) is 127 cm³/mol. The van der Waals surface area contributed by atoms with Crippen molar-refractivity contribution in [2.45, 2.75) is 18.6 Å². The van der Waals surface area contributed by atoms with Gasteiger partial charge in [0.25, 0.3) is 0 Å². The van der Waals surface area contributed by atoms with Crippen molar-refractivity contribution in [3.63, 3.8) is 0 Å². The number of hydrogen-bond acceptors (Lipinski definition) is 1. The lowest BCUT2D eigenvalue weighted by molar-refractivity contribution is -0.590. The third-order valence-corrected chi connectivity index (χ3v) is 6.34. The van der Waals surface area contributed by atoms with Crippen LogP contribution in [0.4, 0.5) is 0 Å². The Hall–Kier alpha value is -2.76. The Morgan fingerprint density at radius 1 is 0.844 bits per heavy atom. The molecule has 0 saturated carbocycles. The number of nitrogens with zero attached hydrogens (tertiary/aromatic N) is 2. The van der Waals surface area contributed by atoms with E-state index in [1.165, 1.54) is 5.56 Å². The molecule has 2 heterocycles. The minimum atomic E-state index is -0.359. The summed E-state index contributed by atoms with van der Waals surface area (Å²) in [5, 5.41) is 0. The van der Waals surface area contributed by atoms with Crippen LogP contribution in [-0.4, -0.2) is 21.1 Å². The largest absolute Gasteiger partial charge is 1.00 e. The number of benzene rings is 3. The third kappa shape index (κ3) is 4.41. The van der Waals surface area contributed by atoms with Gasteiger partial charge in [-0.05, 0) is 24.3 Å². The molecule has 0 spiro atoms. The van der Waals surface area contributed by atoms with E-state index >= 15 is 0 Å². The van der Waals surface area contributed by atoms with E-state index < -0.39 is 0 Å². The van der Waals surface area contributed by atoms with Gasteiger partial charge >= 0.3 is 0 Å². The molecule has 0 N–H and O–H groups in total. The molecule has 4 aromatic rings. The van der Waals surface area contributed by atoms with Crippen molar-refractivity contribution in [3.8, 4) is 0 Å². The number of hydrogen-bond donors (Lipinski definition) is 0. The smallest absolute Gasteiger partial charge is 0.206 e. The summed E-state index contributed by atoms with van der Waals surface area (Å²) in [4.78, 5) is 13.9. The van der Waals surface area contributed by atoms with Crippen LogP contribution in [0, 0.1) is 0 Å². The van der Waals surface area contributed by atoms with Gasteiger partial charge in [0, 0.05) is 27.4 Å². The number of Topliss-reactive ketones (excluding diaryl/α,β-unsaturated/α-hetero) is 1. The van der Waals surface area contributed by atoms with Gasteiger partial charge in [0.2, 0.25) is 6.04 Å². The molecular weight excluding hydrogens is 528 g/mol. The van der Waals surface area contributed by atoms with Crippen molar-refractivity contribution in [1.29, 1.82) is 0 Å². The summed E-state index contributed by atoms with van der Waals surface area (Å²) >= 11 is 3.48. The second-order valence-electron chi connectivity index (χ2n) is 7.80. The van der Waals surface area contributed by atoms with Crippen molar-refractivity contribution in [3.05, 3.63) is 130 Å². The summed E-state index contributed by atoms with van der Waals surface area (Å²) in [5.74, 6) is 0.116. The van der Waals surface area contributed by atoms with E-state index in [0.717, 1.165) is 27.8 Å². The van der Waals surface area contributed by atoms with E-state index in [2.05, 4.69) is 73.8 Å². The lowest BCUT2D eigenvalue weighted by Gasteiger charge is -2.30. The highest BCUT2D eigenvalue weighted by Crippen LogP contribution is 2.37. The summed E-state index contributed by atoms with van der Waals surface area (Å²) in [6, 6.07) is 32.0. The minimum absolute atomic E-state index is 0. The Bertz CT molecular complexity index is 1230. The zero-order chi connectivity index (χ0) is 21.2. The van der Waals surface area contributed by atoms with Gasteiger partial charge in [-0.1, -0.05) is 88.7 Å². The molecule has 32 heavy (non-hydrogen) atoms. The number of halogens is 2. The van der Waals surface area contributed by atoms with Crippen LogP contribution < -0.4 is 17.0 Å². The molecule has 1 aromatic heterocycles. The Morgan fingerprint density at radius 2 is 1.50 bits per heavy atom. The number of aromatic nitrogens is 1. The maximum atomic E-state index is 13.9. The number of fused-ring (bicyclic) bond motifs is 1. The van der Waals surface area contributed by atoms with Crippen molar-refractivity contribution >= 4 is 27.9 Å². The molecule has 1 aliphatic heterocycles. The molecule has 0 aliphatic carbocycles. The lowest BCUT2D eigenvalue weighted by Crippen LogP contribution is -3.00. The Balaban J connectivity index is 0.00000245. The van der Waals surface area contributed by atoms with Gasteiger partial charge in [-0.3, -0.25) is 4.79 Å². The normalized spacial score (nSPS) is 17.1. The van der Waals surface area contributed by atoms with Crippen LogP contribution in [0.1, 0.15) is 39.3 Å². The molecule has 3 nitrogen and oxygen atoms in total. The molecule has 0 saturated heterocycles. The highest BCUT2D eigenvalue weighted by Gasteiger charge is 2.42. The van der Waals surface area contributed by atoms with Crippen molar-refractivity contribution < 1.29 is 26.4 Å². The molecule has 0 bridgehead atoms. The molecule has 0 radical (unpaired) electrons. The maximum Gasteiger partial charge on any atom is 0.206 e. The highest BCUT2D eigenvalue weighted by atomic mass is 79.9. The molecule has 0 unspecified atom stereocenters. The van der Waals surface area contributed by atoms with Crippen LogP contribution in [0.3, 0.4) is 0 Å². The second kappa shape index (κ2) is 9.80. The van der Waals surface area contributed by atoms with Gasteiger partial charge in [-0.2, -0.15) is 0 Å². The van der Waals surface area contributed by atoms with E-state index in [-0.39, 0.29) is 34.8 Å². The fourth-order valence-corrected chi connectivity index (χ4v) is 4.63. The van der Waals surface area contributed by atoms with Crippen LogP contribution in [0.25, 0.3) is 0 Å². The summed E-state index contributed by atoms with van der Waals surface area (Å²) in [6.07, 6.45) is 4.19. The monoisotopic (exact) mass is 548 g/mol.